The molecule has 0 fully saturated rings. The zero-order valence-electron chi connectivity index (χ0n) is 11.6. The standard InChI is InChI=1S/C16H15N3OS/c1-19(9-11-6-7-21-10-11)16(20)14-8-18-15(17)13-5-3-2-4-12(13)14/h2-8,10H,9H2,1H3,(H2,17,18). The van der Waals surface area contributed by atoms with Crippen molar-refractivity contribution in [1.82, 2.24) is 9.88 Å². The molecule has 0 saturated carbocycles. The Morgan fingerprint density at radius 3 is 2.76 bits per heavy atom. The van der Waals surface area contributed by atoms with Crippen molar-refractivity contribution < 1.29 is 4.79 Å². The number of aromatic nitrogens is 1. The number of carbonyl (C=O) groups excluding carboxylic acids is 1. The van der Waals surface area contributed by atoms with E-state index >= 15 is 0 Å². The molecule has 0 unspecified atom stereocenters. The van der Waals surface area contributed by atoms with Crippen LogP contribution in [0.5, 0.6) is 0 Å². The van der Waals surface area contributed by atoms with Gasteiger partial charge in [-0.25, -0.2) is 4.98 Å². The lowest BCUT2D eigenvalue weighted by molar-refractivity contribution is 0.0787. The second-order valence-corrected chi connectivity index (χ2v) is 5.68. The minimum absolute atomic E-state index is 0.0510. The Balaban J connectivity index is 1.96. The fraction of sp³-hybridized carbons (Fsp3) is 0.125. The summed E-state index contributed by atoms with van der Waals surface area (Å²) in [4.78, 5) is 18.5. The van der Waals surface area contributed by atoms with E-state index in [0.717, 1.165) is 16.3 Å². The van der Waals surface area contributed by atoms with Crippen molar-refractivity contribution in [3.63, 3.8) is 0 Å². The number of carbonyl (C=O) groups is 1. The summed E-state index contributed by atoms with van der Waals surface area (Å²) in [5.74, 6) is 0.396. The molecule has 0 aliphatic rings. The summed E-state index contributed by atoms with van der Waals surface area (Å²) in [6.45, 7) is 0.584. The van der Waals surface area contributed by atoms with E-state index in [9.17, 15) is 4.79 Å². The number of fused-ring (bicyclic) bond motifs is 1. The fourth-order valence-electron chi connectivity index (χ4n) is 2.32. The van der Waals surface area contributed by atoms with Gasteiger partial charge < -0.3 is 10.6 Å². The van der Waals surface area contributed by atoms with Gasteiger partial charge in [-0.05, 0) is 27.8 Å². The van der Waals surface area contributed by atoms with E-state index in [4.69, 9.17) is 5.73 Å². The molecule has 3 rings (SSSR count). The van der Waals surface area contributed by atoms with Crippen LogP contribution in [0.3, 0.4) is 0 Å². The zero-order chi connectivity index (χ0) is 14.8. The van der Waals surface area contributed by atoms with Crippen LogP contribution in [-0.2, 0) is 6.54 Å². The molecule has 0 bridgehead atoms. The number of amides is 1. The maximum Gasteiger partial charge on any atom is 0.256 e. The average Bonchev–Trinajstić information content (AvgIpc) is 3.00. The largest absolute Gasteiger partial charge is 0.383 e. The highest BCUT2D eigenvalue weighted by molar-refractivity contribution is 7.07. The van der Waals surface area contributed by atoms with Crippen LogP contribution in [0.15, 0.2) is 47.3 Å². The molecule has 1 amide bonds. The Morgan fingerprint density at radius 2 is 2.05 bits per heavy atom. The molecule has 0 saturated heterocycles. The van der Waals surface area contributed by atoms with E-state index in [1.54, 1.807) is 29.5 Å². The van der Waals surface area contributed by atoms with Gasteiger partial charge in [0.05, 0.1) is 5.56 Å². The lowest BCUT2D eigenvalue weighted by Gasteiger charge is -2.17. The van der Waals surface area contributed by atoms with Crippen molar-refractivity contribution in [1.29, 1.82) is 0 Å². The van der Waals surface area contributed by atoms with E-state index < -0.39 is 0 Å². The Hall–Kier alpha value is -2.40. The second-order valence-electron chi connectivity index (χ2n) is 4.90. The molecule has 0 radical (unpaired) electrons. The number of rotatable bonds is 3. The van der Waals surface area contributed by atoms with Gasteiger partial charge in [0.15, 0.2) is 0 Å². The number of anilines is 1. The van der Waals surface area contributed by atoms with Gasteiger partial charge in [0.2, 0.25) is 0 Å². The van der Waals surface area contributed by atoms with Crippen LogP contribution in [0.25, 0.3) is 10.8 Å². The molecule has 0 aliphatic heterocycles. The number of hydrogen-bond donors (Lipinski definition) is 1. The van der Waals surface area contributed by atoms with Crippen molar-refractivity contribution in [2.75, 3.05) is 12.8 Å². The summed E-state index contributed by atoms with van der Waals surface area (Å²) < 4.78 is 0. The van der Waals surface area contributed by atoms with Crippen molar-refractivity contribution >= 4 is 33.8 Å². The smallest absolute Gasteiger partial charge is 0.256 e. The molecule has 0 aliphatic carbocycles. The summed E-state index contributed by atoms with van der Waals surface area (Å²) in [5.41, 5.74) is 7.59. The van der Waals surface area contributed by atoms with Gasteiger partial charge in [0.25, 0.3) is 5.91 Å². The number of nitrogens with zero attached hydrogens (tertiary/aromatic N) is 2. The molecular formula is C16H15N3OS. The Morgan fingerprint density at radius 1 is 1.29 bits per heavy atom. The summed E-state index contributed by atoms with van der Waals surface area (Å²) in [7, 11) is 1.80. The normalized spacial score (nSPS) is 10.7. The molecule has 0 atom stereocenters. The minimum atomic E-state index is -0.0510. The van der Waals surface area contributed by atoms with E-state index in [1.807, 2.05) is 41.1 Å². The predicted molar refractivity (Wildman–Crippen MR) is 86.3 cm³/mol. The van der Waals surface area contributed by atoms with Gasteiger partial charge >= 0.3 is 0 Å². The van der Waals surface area contributed by atoms with Crippen molar-refractivity contribution in [3.8, 4) is 0 Å². The molecule has 5 heteroatoms. The topological polar surface area (TPSA) is 59.2 Å². The highest BCUT2D eigenvalue weighted by Crippen LogP contribution is 2.23. The van der Waals surface area contributed by atoms with E-state index in [1.165, 1.54) is 0 Å². The van der Waals surface area contributed by atoms with Crippen molar-refractivity contribution in [2.45, 2.75) is 6.54 Å². The highest BCUT2D eigenvalue weighted by atomic mass is 32.1. The van der Waals surface area contributed by atoms with E-state index in [-0.39, 0.29) is 5.91 Å². The van der Waals surface area contributed by atoms with Crippen molar-refractivity contribution in [3.05, 3.63) is 58.4 Å². The molecule has 2 aromatic heterocycles. The first kappa shape index (κ1) is 13.6. The Labute approximate surface area is 126 Å². The molecule has 21 heavy (non-hydrogen) atoms. The van der Waals surface area contributed by atoms with Crippen LogP contribution >= 0.6 is 11.3 Å². The first-order valence-electron chi connectivity index (χ1n) is 6.56. The summed E-state index contributed by atoms with van der Waals surface area (Å²) >= 11 is 1.63. The third kappa shape index (κ3) is 2.60. The second kappa shape index (κ2) is 5.54. The first-order valence-corrected chi connectivity index (χ1v) is 7.51. The maximum absolute atomic E-state index is 12.6. The quantitative estimate of drug-likeness (QED) is 0.808. The molecular weight excluding hydrogens is 282 g/mol. The number of nitrogens with two attached hydrogens (primary N) is 1. The molecule has 2 heterocycles. The third-order valence-corrected chi connectivity index (χ3v) is 4.13. The monoisotopic (exact) mass is 297 g/mol. The molecule has 2 N–H and O–H groups in total. The maximum atomic E-state index is 12.6. The van der Waals surface area contributed by atoms with Crippen LogP contribution < -0.4 is 5.73 Å². The molecule has 4 nitrogen and oxygen atoms in total. The van der Waals surface area contributed by atoms with E-state index in [2.05, 4.69) is 4.98 Å². The number of benzene rings is 1. The van der Waals surface area contributed by atoms with Crippen LogP contribution in [-0.4, -0.2) is 22.8 Å². The highest BCUT2D eigenvalue weighted by Gasteiger charge is 2.16. The summed E-state index contributed by atoms with van der Waals surface area (Å²) in [5, 5.41) is 5.70. The van der Waals surface area contributed by atoms with E-state index in [0.29, 0.717) is 17.9 Å². The van der Waals surface area contributed by atoms with Gasteiger partial charge in [0, 0.05) is 25.2 Å². The lowest BCUT2D eigenvalue weighted by Crippen LogP contribution is -2.26. The third-order valence-electron chi connectivity index (χ3n) is 3.40. The SMILES string of the molecule is CN(Cc1ccsc1)C(=O)c1cnc(N)c2ccccc12. The fourth-order valence-corrected chi connectivity index (χ4v) is 2.98. The Kier molecular flexibility index (Phi) is 3.58. The van der Waals surface area contributed by atoms with Crippen LogP contribution in [0.1, 0.15) is 15.9 Å². The number of thiophene rings is 1. The van der Waals surface area contributed by atoms with Crippen molar-refractivity contribution in [2.24, 2.45) is 0 Å². The summed E-state index contributed by atoms with van der Waals surface area (Å²) in [6, 6.07) is 9.60. The van der Waals surface area contributed by atoms with Gasteiger partial charge in [-0.15, -0.1) is 0 Å². The average molecular weight is 297 g/mol. The van der Waals surface area contributed by atoms with Gasteiger partial charge in [-0.3, -0.25) is 4.79 Å². The minimum Gasteiger partial charge on any atom is -0.383 e. The van der Waals surface area contributed by atoms with Crippen LogP contribution in [0, 0.1) is 0 Å². The van der Waals surface area contributed by atoms with Crippen LogP contribution in [0.4, 0.5) is 5.82 Å². The summed E-state index contributed by atoms with van der Waals surface area (Å²) in [6.07, 6.45) is 1.56. The Bertz CT molecular complexity index is 783. The molecule has 3 aromatic rings. The number of hydrogen-bond acceptors (Lipinski definition) is 4. The zero-order valence-corrected chi connectivity index (χ0v) is 12.4. The van der Waals surface area contributed by atoms with Gasteiger partial charge in [0.1, 0.15) is 5.82 Å². The lowest BCUT2D eigenvalue weighted by atomic mass is 10.1. The molecule has 106 valence electrons. The van der Waals surface area contributed by atoms with Gasteiger partial charge in [-0.1, -0.05) is 24.3 Å². The predicted octanol–water partition coefficient (Wildman–Crippen LogP) is 3.15. The molecule has 1 aromatic carbocycles. The van der Waals surface area contributed by atoms with Crippen LogP contribution in [0.2, 0.25) is 0 Å². The van der Waals surface area contributed by atoms with Gasteiger partial charge in [-0.2, -0.15) is 11.3 Å². The molecule has 0 spiro atoms. The first-order chi connectivity index (χ1) is 10.2. The number of pyridine rings is 1. The number of nitrogen functional groups attached to an aromatic ring is 1.